The second-order valence-electron chi connectivity index (χ2n) is 3.41. The van der Waals surface area contributed by atoms with Crippen molar-refractivity contribution < 1.29 is 14.2 Å². The Hall–Kier alpha value is -0.540. The first-order valence-corrected chi connectivity index (χ1v) is 4.36. The molecule has 0 aromatic carbocycles. The maximum Gasteiger partial charge on any atom is 0.156 e. The van der Waals surface area contributed by atoms with Crippen LogP contribution < -0.4 is 0 Å². The topological polar surface area (TPSA) is 27.7 Å². The minimum absolute atomic E-state index is 0.0785. The fourth-order valence-corrected chi connectivity index (χ4v) is 1.68. The minimum atomic E-state index is -0.0785. The molecule has 2 heterocycles. The molecule has 0 radical (unpaired) electrons. The smallest absolute Gasteiger partial charge is 0.156 e. The molecule has 0 aromatic heterocycles. The van der Waals surface area contributed by atoms with Gasteiger partial charge in [0, 0.05) is 5.92 Å². The highest BCUT2D eigenvalue weighted by Gasteiger charge is 2.37. The van der Waals surface area contributed by atoms with Crippen LogP contribution in [-0.4, -0.2) is 25.1 Å². The van der Waals surface area contributed by atoms with Crippen molar-refractivity contribution >= 4 is 0 Å². The molecule has 12 heavy (non-hydrogen) atoms. The average molecular weight is 170 g/mol. The summed E-state index contributed by atoms with van der Waals surface area (Å²) in [6.45, 7) is 4.76. The van der Waals surface area contributed by atoms with Crippen LogP contribution in [0.15, 0.2) is 12.3 Å². The molecule has 0 saturated carbocycles. The first-order chi connectivity index (χ1) is 5.77. The highest BCUT2D eigenvalue weighted by molar-refractivity contribution is 4.97. The van der Waals surface area contributed by atoms with Crippen molar-refractivity contribution in [3.63, 3.8) is 0 Å². The summed E-state index contributed by atoms with van der Waals surface area (Å²) in [6, 6.07) is 0. The normalized spacial score (nSPS) is 46.5. The quantitative estimate of drug-likeness (QED) is 0.548. The molecule has 0 bridgehead atoms. The third-order valence-electron chi connectivity index (χ3n) is 2.31. The second-order valence-corrected chi connectivity index (χ2v) is 3.41. The lowest BCUT2D eigenvalue weighted by Crippen LogP contribution is -2.28. The van der Waals surface area contributed by atoms with Gasteiger partial charge in [-0.15, -0.1) is 0 Å². The Morgan fingerprint density at radius 3 is 2.92 bits per heavy atom. The van der Waals surface area contributed by atoms with Crippen LogP contribution in [0.3, 0.4) is 0 Å². The van der Waals surface area contributed by atoms with Gasteiger partial charge in [0.05, 0.1) is 19.0 Å². The van der Waals surface area contributed by atoms with Gasteiger partial charge in [-0.25, -0.2) is 0 Å². The van der Waals surface area contributed by atoms with E-state index in [1.165, 1.54) is 0 Å². The summed E-state index contributed by atoms with van der Waals surface area (Å²) in [6.07, 6.45) is 3.81. The van der Waals surface area contributed by atoms with Gasteiger partial charge in [-0.1, -0.05) is 6.92 Å². The Balaban J connectivity index is 2.12. The molecule has 3 nitrogen and oxygen atoms in total. The van der Waals surface area contributed by atoms with Crippen LogP contribution in [0.1, 0.15) is 13.8 Å². The Bertz CT molecular complexity index is 190. The van der Waals surface area contributed by atoms with Crippen LogP contribution in [0.4, 0.5) is 0 Å². The third kappa shape index (κ3) is 1.34. The number of hydrogen-bond acceptors (Lipinski definition) is 3. The number of fused-ring (bicyclic) bond motifs is 1. The maximum absolute atomic E-state index is 5.60. The van der Waals surface area contributed by atoms with Gasteiger partial charge >= 0.3 is 0 Å². The van der Waals surface area contributed by atoms with Crippen LogP contribution in [0, 0.1) is 5.92 Å². The molecule has 2 rings (SSSR count). The molecule has 2 aliphatic heterocycles. The van der Waals surface area contributed by atoms with Gasteiger partial charge in [-0.3, -0.25) is 0 Å². The van der Waals surface area contributed by atoms with Gasteiger partial charge in [-0.05, 0) is 13.0 Å². The zero-order valence-corrected chi connectivity index (χ0v) is 7.40. The molecule has 0 aromatic rings. The lowest BCUT2D eigenvalue weighted by molar-refractivity contribution is -0.0590. The molecular formula is C9H14O3. The van der Waals surface area contributed by atoms with E-state index in [4.69, 9.17) is 14.2 Å². The zero-order valence-electron chi connectivity index (χ0n) is 7.40. The Kier molecular flexibility index (Phi) is 2.07. The maximum atomic E-state index is 5.60. The van der Waals surface area contributed by atoms with Gasteiger partial charge in [-0.2, -0.15) is 0 Å². The molecule has 3 heteroatoms. The summed E-state index contributed by atoms with van der Waals surface area (Å²) in [5, 5.41) is 0. The van der Waals surface area contributed by atoms with Crippen LogP contribution in [0.25, 0.3) is 0 Å². The molecule has 2 aliphatic rings. The molecule has 1 fully saturated rings. The van der Waals surface area contributed by atoms with Crippen LogP contribution in [0.2, 0.25) is 0 Å². The summed E-state index contributed by atoms with van der Waals surface area (Å²) in [5.74, 6) is 0.398. The summed E-state index contributed by atoms with van der Waals surface area (Å²) in [7, 11) is 0. The Morgan fingerprint density at radius 1 is 1.25 bits per heavy atom. The first-order valence-electron chi connectivity index (χ1n) is 4.36. The van der Waals surface area contributed by atoms with Gasteiger partial charge < -0.3 is 14.2 Å². The average Bonchev–Trinajstić information content (AvgIpc) is 2.33. The van der Waals surface area contributed by atoms with E-state index in [-0.39, 0.29) is 18.5 Å². The van der Waals surface area contributed by atoms with Crippen molar-refractivity contribution in [2.75, 3.05) is 6.61 Å². The third-order valence-corrected chi connectivity index (χ3v) is 2.31. The van der Waals surface area contributed by atoms with Crippen molar-refractivity contribution in [1.29, 1.82) is 0 Å². The lowest BCUT2D eigenvalue weighted by Gasteiger charge is -2.17. The molecule has 0 amide bonds. The zero-order chi connectivity index (χ0) is 8.55. The molecule has 68 valence electrons. The van der Waals surface area contributed by atoms with Gasteiger partial charge in [0.15, 0.2) is 6.29 Å². The SMILES string of the molecule is CC1OC2C=COCC(C)C2O1. The molecule has 4 unspecified atom stereocenters. The van der Waals surface area contributed by atoms with Crippen molar-refractivity contribution in [1.82, 2.24) is 0 Å². The molecule has 0 N–H and O–H groups in total. The standard InChI is InChI=1S/C9H14O3/c1-6-5-10-4-3-8-9(6)12-7(2)11-8/h3-4,6-9H,5H2,1-2H3. The van der Waals surface area contributed by atoms with Crippen LogP contribution in [0.5, 0.6) is 0 Å². The number of rotatable bonds is 0. The van der Waals surface area contributed by atoms with Gasteiger partial charge in [0.1, 0.15) is 6.10 Å². The fraction of sp³-hybridized carbons (Fsp3) is 0.778. The number of ether oxygens (including phenoxy) is 3. The summed E-state index contributed by atoms with van der Waals surface area (Å²) in [4.78, 5) is 0. The monoisotopic (exact) mass is 170 g/mol. The Morgan fingerprint density at radius 2 is 2.08 bits per heavy atom. The van der Waals surface area contributed by atoms with Crippen LogP contribution >= 0.6 is 0 Å². The summed E-state index contributed by atoms with van der Waals surface area (Å²) >= 11 is 0. The van der Waals surface area contributed by atoms with E-state index in [0.717, 1.165) is 0 Å². The van der Waals surface area contributed by atoms with E-state index in [9.17, 15) is 0 Å². The van der Waals surface area contributed by atoms with Crippen molar-refractivity contribution in [3.05, 3.63) is 12.3 Å². The van der Waals surface area contributed by atoms with E-state index in [1.54, 1.807) is 6.26 Å². The predicted octanol–water partition coefficient (Wildman–Crippen LogP) is 1.30. The van der Waals surface area contributed by atoms with Gasteiger partial charge in [0.25, 0.3) is 0 Å². The molecule has 0 aliphatic carbocycles. The molecule has 4 atom stereocenters. The highest BCUT2D eigenvalue weighted by atomic mass is 16.7. The predicted molar refractivity (Wildman–Crippen MR) is 43.5 cm³/mol. The first kappa shape index (κ1) is 8.08. The van der Waals surface area contributed by atoms with E-state index in [2.05, 4.69) is 6.92 Å². The van der Waals surface area contributed by atoms with Crippen molar-refractivity contribution in [3.8, 4) is 0 Å². The lowest BCUT2D eigenvalue weighted by atomic mass is 10.0. The van der Waals surface area contributed by atoms with Crippen molar-refractivity contribution in [2.45, 2.75) is 32.3 Å². The Labute approximate surface area is 72.3 Å². The molecular weight excluding hydrogens is 156 g/mol. The van der Waals surface area contributed by atoms with Gasteiger partial charge in [0.2, 0.25) is 0 Å². The molecule has 1 saturated heterocycles. The van der Waals surface area contributed by atoms with E-state index in [0.29, 0.717) is 12.5 Å². The van der Waals surface area contributed by atoms with Crippen LogP contribution in [-0.2, 0) is 14.2 Å². The van der Waals surface area contributed by atoms with E-state index < -0.39 is 0 Å². The highest BCUT2D eigenvalue weighted by Crippen LogP contribution is 2.27. The minimum Gasteiger partial charge on any atom is -0.501 e. The largest absolute Gasteiger partial charge is 0.501 e. The summed E-state index contributed by atoms with van der Waals surface area (Å²) < 4.78 is 16.4. The fourth-order valence-electron chi connectivity index (χ4n) is 1.68. The van der Waals surface area contributed by atoms with E-state index in [1.807, 2.05) is 13.0 Å². The second kappa shape index (κ2) is 3.07. The molecule has 0 spiro atoms. The van der Waals surface area contributed by atoms with Crippen molar-refractivity contribution in [2.24, 2.45) is 5.92 Å². The van der Waals surface area contributed by atoms with E-state index >= 15 is 0 Å². The summed E-state index contributed by atoms with van der Waals surface area (Å²) in [5.41, 5.74) is 0. The number of hydrogen-bond donors (Lipinski definition) is 0.